The van der Waals surface area contributed by atoms with Crippen LogP contribution in [0.15, 0.2) is 59.1 Å². The average molecular weight is 448 g/mol. The van der Waals surface area contributed by atoms with E-state index in [9.17, 15) is 9.18 Å². The lowest BCUT2D eigenvalue weighted by molar-refractivity contribution is -0.118. The molecule has 1 amide bonds. The number of hydrogen-bond acceptors (Lipinski definition) is 4. The van der Waals surface area contributed by atoms with Crippen molar-refractivity contribution >= 4 is 38.3 Å². The lowest BCUT2D eigenvalue weighted by atomic mass is 10.1. The van der Waals surface area contributed by atoms with Crippen LogP contribution in [0.25, 0.3) is 10.8 Å². The van der Waals surface area contributed by atoms with E-state index in [1.54, 1.807) is 13.2 Å². The molecule has 0 aliphatic heterocycles. The Hall–Kier alpha value is -2.64. The highest BCUT2D eigenvalue weighted by Crippen LogP contribution is 2.33. The van der Waals surface area contributed by atoms with Crippen LogP contribution in [0, 0.1) is 5.82 Å². The number of anilines is 1. The average Bonchev–Trinajstić information content (AvgIpc) is 2.69. The molecule has 5 nitrogen and oxygen atoms in total. The van der Waals surface area contributed by atoms with Gasteiger partial charge in [0.15, 0.2) is 6.61 Å². The molecule has 0 fully saturated rings. The predicted molar refractivity (Wildman–Crippen MR) is 110 cm³/mol. The molecule has 0 aliphatic carbocycles. The molecule has 0 bridgehead atoms. The van der Waals surface area contributed by atoms with Gasteiger partial charge in [-0.2, -0.15) is 0 Å². The summed E-state index contributed by atoms with van der Waals surface area (Å²) in [4.78, 5) is 12.3. The number of benzene rings is 3. The number of nitrogens with one attached hydrogen (secondary N) is 1. The monoisotopic (exact) mass is 447 g/mol. The highest BCUT2D eigenvalue weighted by molar-refractivity contribution is 9.10. The summed E-state index contributed by atoms with van der Waals surface area (Å²) in [6.45, 7) is 0.431. The van der Waals surface area contributed by atoms with Gasteiger partial charge in [0.2, 0.25) is 0 Å². The number of amides is 1. The largest absolute Gasteiger partial charge is 0.489 e. The molecule has 3 aromatic rings. The van der Waals surface area contributed by atoms with Crippen LogP contribution in [-0.4, -0.2) is 32.8 Å². The van der Waals surface area contributed by atoms with Gasteiger partial charge in [-0.1, -0.05) is 30.3 Å². The third-order valence-electron chi connectivity index (χ3n) is 3.95. The molecule has 146 valence electrons. The van der Waals surface area contributed by atoms with Gasteiger partial charge in [-0.25, -0.2) is 4.39 Å². The molecule has 0 unspecified atom stereocenters. The van der Waals surface area contributed by atoms with E-state index in [0.29, 0.717) is 18.1 Å². The lowest BCUT2D eigenvalue weighted by Gasteiger charge is -2.14. The fraction of sp³-hybridized carbons (Fsp3) is 0.190. The molecule has 0 spiro atoms. The highest BCUT2D eigenvalue weighted by atomic mass is 79.9. The summed E-state index contributed by atoms with van der Waals surface area (Å²) in [6.07, 6.45) is 0. The van der Waals surface area contributed by atoms with Crippen LogP contribution in [0.1, 0.15) is 0 Å². The summed E-state index contributed by atoms with van der Waals surface area (Å²) in [5.41, 5.74) is 0.238. The Labute approximate surface area is 170 Å². The second-order valence-electron chi connectivity index (χ2n) is 5.92. The summed E-state index contributed by atoms with van der Waals surface area (Å²) in [5.74, 6) is -0.00169. The predicted octanol–water partition coefficient (Wildman–Crippen LogP) is 4.78. The quantitative estimate of drug-likeness (QED) is 0.504. The standard InChI is InChI=1S/C21H19BrFNO4/c1-26-10-11-27-18-9-7-15(23)12-17(18)24-20(25)13-28-19-8-6-14-4-2-3-5-16(14)21(19)22/h2-9,12H,10-11,13H2,1H3,(H,24,25). The molecule has 0 saturated heterocycles. The van der Waals surface area contributed by atoms with Gasteiger partial charge < -0.3 is 19.5 Å². The van der Waals surface area contributed by atoms with E-state index in [0.717, 1.165) is 15.2 Å². The number of rotatable bonds is 8. The van der Waals surface area contributed by atoms with Crippen molar-refractivity contribution in [1.29, 1.82) is 0 Å². The molecule has 0 aromatic heterocycles. The van der Waals surface area contributed by atoms with E-state index in [1.807, 2.05) is 30.3 Å². The molecule has 0 radical (unpaired) electrons. The minimum Gasteiger partial charge on any atom is -0.489 e. The zero-order valence-electron chi connectivity index (χ0n) is 15.2. The van der Waals surface area contributed by atoms with Gasteiger partial charge in [0.1, 0.15) is 23.9 Å². The lowest BCUT2D eigenvalue weighted by Crippen LogP contribution is -2.21. The molecule has 3 rings (SSSR count). The summed E-state index contributed by atoms with van der Waals surface area (Å²) < 4.78 is 30.4. The first kappa shape index (κ1) is 20.1. The molecule has 28 heavy (non-hydrogen) atoms. The van der Waals surface area contributed by atoms with Crippen molar-refractivity contribution in [3.63, 3.8) is 0 Å². The van der Waals surface area contributed by atoms with E-state index >= 15 is 0 Å². The third-order valence-corrected chi connectivity index (χ3v) is 4.77. The number of ether oxygens (including phenoxy) is 3. The van der Waals surface area contributed by atoms with E-state index in [1.165, 1.54) is 18.2 Å². The Morgan fingerprint density at radius 1 is 1.04 bits per heavy atom. The topological polar surface area (TPSA) is 56.8 Å². The first-order valence-electron chi connectivity index (χ1n) is 8.59. The number of fused-ring (bicyclic) bond motifs is 1. The van der Waals surface area contributed by atoms with Crippen LogP contribution in [0.3, 0.4) is 0 Å². The maximum Gasteiger partial charge on any atom is 0.262 e. The normalized spacial score (nSPS) is 10.7. The Balaban J connectivity index is 1.66. The van der Waals surface area contributed by atoms with E-state index in [4.69, 9.17) is 14.2 Å². The first-order chi connectivity index (χ1) is 13.6. The Kier molecular flexibility index (Phi) is 6.84. The minimum atomic E-state index is -0.479. The SMILES string of the molecule is COCCOc1ccc(F)cc1NC(=O)COc1ccc2ccccc2c1Br. The van der Waals surface area contributed by atoms with Crippen molar-refractivity contribution in [2.75, 3.05) is 32.2 Å². The number of hydrogen-bond donors (Lipinski definition) is 1. The highest BCUT2D eigenvalue weighted by Gasteiger charge is 2.12. The van der Waals surface area contributed by atoms with Crippen LogP contribution in [0.4, 0.5) is 10.1 Å². The molecule has 7 heteroatoms. The van der Waals surface area contributed by atoms with Gasteiger partial charge in [-0.3, -0.25) is 4.79 Å². The smallest absolute Gasteiger partial charge is 0.262 e. The van der Waals surface area contributed by atoms with Crippen LogP contribution >= 0.6 is 15.9 Å². The summed E-state index contributed by atoms with van der Waals surface area (Å²) >= 11 is 3.52. The molecule has 0 atom stereocenters. The maximum atomic E-state index is 13.6. The van der Waals surface area contributed by atoms with Crippen molar-refractivity contribution in [2.24, 2.45) is 0 Å². The van der Waals surface area contributed by atoms with E-state index in [2.05, 4.69) is 21.2 Å². The van der Waals surface area contributed by atoms with Gasteiger partial charge in [0.25, 0.3) is 5.91 Å². The van der Waals surface area contributed by atoms with Crippen LogP contribution < -0.4 is 14.8 Å². The molecule has 0 saturated carbocycles. The second-order valence-corrected chi connectivity index (χ2v) is 6.71. The summed E-state index contributed by atoms with van der Waals surface area (Å²) in [7, 11) is 1.55. The van der Waals surface area contributed by atoms with Crippen molar-refractivity contribution in [3.8, 4) is 11.5 Å². The van der Waals surface area contributed by atoms with Crippen molar-refractivity contribution in [2.45, 2.75) is 0 Å². The number of carbonyl (C=O) groups excluding carboxylic acids is 1. The number of methoxy groups -OCH3 is 1. The second kappa shape index (κ2) is 9.52. The minimum absolute atomic E-state index is 0.231. The first-order valence-corrected chi connectivity index (χ1v) is 9.39. The van der Waals surface area contributed by atoms with Crippen molar-refractivity contribution in [1.82, 2.24) is 0 Å². The van der Waals surface area contributed by atoms with Crippen LogP contribution in [0.2, 0.25) is 0 Å². The van der Waals surface area contributed by atoms with Crippen LogP contribution in [-0.2, 0) is 9.53 Å². The Bertz CT molecular complexity index is 980. The fourth-order valence-electron chi connectivity index (χ4n) is 2.62. The van der Waals surface area contributed by atoms with Gasteiger partial charge in [0, 0.05) is 13.2 Å². The molecular formula is C21H19BrFNO4. The number of carbonyl (C=O) groups is 1. The molecule has 1 N–H and O–H groups in total. The number of halogens is 2. The third kappa shape index (κ3) is 4.99. The molecular weight excluding hydrogens is 429 g/mol. The fourth-order valence-corrected chi connectivity index (χ4v) is 3.22. The molecule has 0 aliphatic rings. The zero-order valence-corrected chi connectivity index (χ0v) is 16.8. The zero-order chi connectivity index (χ0) is 19.9. The van der Waals surface area contributed by atoms with E-state index in [-0.39, 0.29) is 18.9 Å². The maximum absolute atomic E-state index is 13.6. The van der Waals surface area contributed by atoms with Gasteiger partial charge in [-0.15, -0.1) is 0 Å². The summed E-state index contributed by atoms with van der Waals surface area (Å²) in [5, 5.41) is 4.66. The molecule has 3 aromatic carbocycles. The molecule has 0 heterocycles. The van der Waals surface area contributed by atoms with Crippen LogP contribution in [0.5, 0.6) is 11.5 Å². The van der Waals surface area contributed by atoms with Gasteiger partial charge in [-0.05, 0) is 44.9 Å². The van der Waals surface area contributed by atoms with E-state index < -0.39 is 11.7 Å². The van der Waals surface area contributed by atoms with Crippen molar-refractivity contribution < 1.29 is 23.4 Å². The van der Waals surface area contributed by atoms with Crippen molar-refractivity contribution in [3.05, 3.63) is 64.9 Å². The Morgan fingerprint density at radius 3 is 2.64 bits per heavy atom. The summed E-state index contributed by atoms with van der Waals surface area (Å²) in [6, 6.07) is 15.5. The Morgan fingerprint density at radius 2 is 1.82 bits per heavy atom. The van der Waals surface area contributed by atoms with Gasteiger partial charge >= 0.3 is 0 Å². The van der Waals surface area contributed by atoms with Gasteiger partial charge in [0.05, 0.1) is 16.8 Å².